The number of anilines is 1. The molecule has 0 heterocycles. The van der Waals surface area contributed by atoms with Gasteiger partial charge in [0.1, 0.15) is 5.69 Å². The monoisotopic (exact) mass is 300 g/mol. The Balaban J connectivity index is 3.04. The van der Waals surface area contributed by atoms with Gasteiger partial charge < -0.3 is 14.4 Å². The van der Waals surface area contributed by atoms with E-state index >= 15 is 0 Å². The second kappa shape index (κ2) is 8.15. The van der Waals surface area contributed by atoms with Crippen LogP contribution in [0.4, 0.5) is 15.8 Å². The number of carbonyl (C=O) groups excluding carboxylic acids is 1. The van der Waals surface area contributed by atoms with E-state index in [2.05, 4.69) is 4.74 Å². The highest BCUT2D eigenvalue weighted by atomic mass is 19.1. The molecule has 116 valence electrons. The number of rotatable bonds is 8. The molecule has 0 atom stereocenters. The van der Waals surface area contributed by atoms with Crippen LogP contribution >= 0.6 is 0 Å². The van der Waals surface area contributed by atoms with Crippen LogP contribution in [0, 0.1) is 15.9 Å². The minimum Gasteiger partial charge on any atom is -0.469 e. The summed E-state index contributed by atoms with van der Waals surface area (Å²) in [5, 5.41) is 11.0. The third-order valence-corrected chi connectivity index (χ3v) is 2.87. The van der Waals surface area contributed by atoms with Gasteiger partial charge >= 0.3 is 11.7 Å². The Morgan fingerprint density at radius 3 is 2.67 bits per heavy atom. The van der Waals surface area contributed by atoms with E-state index in [9.17, 15) is 19.3 Å². The number of hydrogen-bond donors (Lipinski definition) is 0. The zero-order valence-corrected chi connectivity index (χ0v) is 11.9. The summed E-state index contributed by atoms with van der Waals surface area (Å²) >= 11 is 0. The molecule has 0 amide bonds. The number of carbonyl (C=O) groups is 1. The summed E-state index contributed by atoms with van der Waals surface area (Å²) in [5.41, 5.74) is -0.501. The molecule has 0 spiro atoms. The number of esters is 1. The van der Waals surface area contributed by atoms with Gasteiger partial charge in [0, 0.05) is 20.2 Å². The van der Waals surface area contributed by atoms with E-state index in [0.29, 0.717) is 0 Å². The van der Waals surface area contributed by atoms with Crippen LogP contribution in [0.25, 0.3) is 0 Å². The number of halogens is 1. The van der Waals surface area contributed by atoms with Gasteiger partial charge in [-0.2, -0.15) is 4.39 Å². The van der Waals surface area contributed by atoms with Crippen LogP contribution in [0.15, 0.2) is 18.2 Å². The number of para-hydroxylation sites is 1. The number of methoxy groups -OCH3 is 2. The topological polar surface area (TPSA) is 81.9 Å². The van der Waals surface area contributed by atoms with Gasteiger partial charge in [-0.3, -0.25) is 14.9 Å². The number of nitrogens with zero attached hydrogens (tertiary/aromatic N) is 2. The lowest BCUT2D eigenvalue weighted by molar-refractivity contribution is -0.386. The molecule has 0 aliphatic carbocycles. The van der Waals surface area contributed by atoms with Crippen molar-refractivity contribution < 1.29 is 23.6 Å². The normalized spacial score (nSPS) is 10.2. The van der Waals surface area contributed by atoms with Crippen LogP contribution in [0.2, 0.25) is 0 Å². The largest absolute Gasteiger partial charge is 0.469 e. The predicted octanol–water partition coefficient (Wildman–Crippen LogP) is 1.75. The summed E-state index contributed by atoms with van der Waals surface area (Å²) in [5.74, 6) is -1.37. The lowest BCUT2D eigenvalue weighted by Gasteiger charge is -2.23. The first-order valence-corrected chi connectivity index (χ1v) is 6.24. The number of nitro benzene ring substituents is 1. The zero-order valence-electron chi connectivity index (χ0n) is 11.9. The van der Waals surface area contributed by atoms with Crippen LogP contribution < -0.4 is 4.90 Å². The van der Waals surface area contributed by atoms with E-state index in [1.807, 2.05) is 0 Å². The van der Waals surface area contributed by atoms with E-state index in [-0.39, 0.29) is 31.8 Å². The third-order valence-electron chi connectivity index (χ3n) is 2.87. The molecule has 8 heteroatoms. The molecular formula is C13H17FN2O5. The molecule has 0 N–H and O–H groups in total. The Kier molecular flexibility index (Phi) is 6.54. The molecule has 0 saturated heterocycles. The molecule has 0 unspecified atom stereocenters. The number of hydrogen-bond acceptors (Lipinski definition) is 6. The van der Waals surface area contributed by atoms with Crippen LogP contribution in [0.5, 0.6) is 0 Å². The lowest BCUT2D eigenvalue weighted by atomic mass is 10.2. The van der Waals surface area contributed by atoms with Crippen molar-refractivity contribution >= 4 is 17.3 Å². The summed E-state index contributed by atoms with van der Waals surface area (Å²) in [6, 6.07) is 3.85. The van der Waals surface area contributed by atoms with E-state index in [0.717, 1.165) is 6.07 Å². The quantitative estimate of drug-likeness (QED) is 0.413. The lowest BCUT2D eigenvalue weighted by Crippen LogP contribution is -2.30. The molecule has 0 bridgehead atoms. The van der Waals surface area contributed by atoms with Crippen LogP contribution in [-0.2, 0) is 14.3 Å². The van der Waals surface area contributed by atoms with Gasteiger partial charge in [-0.05, 0) is 12.1 Å². The van der Waals surface area contributed by atoms with Crippen molar-refractivity contribution in [1.29, 1.82) is 0 Å². The average molecular weight is 300 g/mol. The molecule has 1 rings (SSSR count). The molecule has 0 saturated carbocycles. The van der Waals surface area contributed by atoms with Gasteiger partial charge in [-0.1, -0.05) is 6.07 Å². The first kappa shape index (κ1) is 16.8. The van der Waals surface area contributed by atoms with Gasteiger partial charge in [0.25, 0.3) is 0 Å². The maximum absolute atomic E-state index is 13.7. The Morgan fingerprint density at radius 2 is 2.10 bits per heavy atom. The highest BCUT2D eigenvalue weighted by Crippen LogP contribution is 2.30. The fourth-order valence-corrected chi connectivity index (χ4v) is 1.82. The smallest absolute Gasteiger partial charge is 0.327 e. The number of benzene rings is 1. The van der Waals surface area contributed by atoms with Crippen molar-refractivity contribution in [2.45, 2.75) is 6.42 Å². The Labute approximate surface area is 121 Å². The fraction of sp³-hybridized carbons (Fsp3) is 0.462. The minimum atomic E-state index is -0.919. The molecule has 0 aromatic heterocycles. The van der Waals surface area contributed by atoms with Crippen LogP contribution in [-0.4, -0.2) is 44.8 Å². The van der Waals surface area contributed by atoms with Crippen molar-refractivity contribution in [3.8, 4) is 0 Å². The maximum atomic E-state index is 13.7. The van der Waals surface area contributed by atoms with E-state index in [4.69, 9.17) is 4.74 Å². The van der Waals surface area contributed by atoms with Crippen molar-refractivity contribution in [3.05, 3.63) is 34.1 Å². The predicted molar refractivity (Wildman–Crippen MR) is 73.8 cm³/mol. The molecule has 0 radical (unpaired) electrons. The molecular weight excluding hydrogens is 283 g/mol. The molecule has 21 heavy (non-hydrogen) atoms. The van der Waals surface area contributed by atoms with E-state index in [1.54, 1.807) is 0 Å². The second-order valence-corrected chi connectivity index (χ2v) is 4.17. The first-order valence-electron chi connectivity index (χ1n) is 6.24. The Bertz CT molecular complexity index is 509. The van der Waals surface area contributed by atoms with Crippen LogP contribution in [0.1, 0.15) is 6.42 Å². The fourth-order valence-electron chi connectivity index (χ4n) is 1.82. The summed E-state index contributed by atoms with van der Waals surface area (Å²) in [7, 11) is 2.74. The summed E-state index contributed by atoms with van der Waals surface area (Å²) in [4.78, 5) is 23.0. The summed E-state index contributed by atoms with van der Waals surface area (Å²) in [6.45, 7) is 0.743. The molecule has 0 fully saturated rings. The van der Waals surface area contributed by atoms with Crippen molar-refractivity contribution in [2.75, 3.05) is 38.8 Å². The molecule has 1 aromatic carbocycles. The van der Waals surface area contributed by atoms with E-state index in [1.165, 1.54) is 31.3 Å². The van der Waals surface area contributed by atoms with Crippen molar-refractivity contribution in [2.24, 2.45) is 0 Å². The highest BCUT2D eigenvalue weighted by molar-refractivity contribution is 5.71. The van der Waals surface area contributed by atoms with Gasteiger partial charge in [-0.25, -0.2) is 0 Å². The van der Waals surface area contributed by atoms with Crippen molar-refractivity contribution in [3.63, 3.8) is 0 Å². The van der Waals surface area contributed by atoms with Gasteiger partial charge in [0.15, 0.2) is 0 Å². The van der Waals surface area contributed by atoms with Crippen LogP contribution in [0.3, 0.4) is 0 Å². The average Bonchev–Trinajstić information content (AvgIpc) is 2.46. The van der Waals surface area contributed by atoms with Gasteiger partial charge in [0.2, 0.25) is 5.82 Å². The number of ether oxygens (including phenoxy) is 2. The van der Waals surface area contributed by atoms with Gasteiger partial charge in [-0.15, -0.1) is 0 Å². The van der Waals surface area contributed by atoms with E-state index < -0.39 is 22.4 Å². The highest BCUT2D eigenvalue weighted by Gasteiger charge is 2.24. The molecule has 0 aliphatic heterocycles. The summed E-state index contributed by atoms with van der Waals surface area (Å²) in [6.07, 6.45) is 0.0356. The Hall–Kier alpha value is -2.22. The Morgan fingerprint density at radius 1 is 1.38 bits per heavy atom. The maximum Gasteiger partial charge on any atom is 0.327 e. The molecule has 1 aromatic rings. The number of nitro groups is 1. The summed E-state index contributed by atoms with van der Waals surface area (Å²) < 4.78 is 23.1. The molecule has 0 aliphatic rings. The third kappa shape index (κ3) is 4.67. The SMILES string of the molecule is COCCN(CCC(=O)OC)c1cccc(F)c1[N+](=O)[O-]. The minimum absolute atomic E-state index is 0.0356. The second-order valence-electron chi connectivity index (χ2n) is 4.17. The standard InChI is InChI=1S/C13H17FN2O5/c1-20-9-8-15(7-6-12(17)21-2)11-5-3-4-10(14)13(11)16(18)19/h3-5H,6-9H2,1-2H3. The van der Waals surface area contributed by atoms with Crippen molar-refractivity contribution in [1.82, 2.24) is 0 Å². The molecule has 7 nitrogen and oxygen atoms in total. The first-order chi connectivity index (χ1) is 10.0. The van der Waals surface area contributed by atoms with Gasteiger partial charge in [0.05, 0.1) is 25.1 Å². The zero-order chi connectivity index (χ0) is 15.8.